The third-order valence-electron chi connectivity index (χ3n) is 6.68. The lowest BCUT2D eigenvalue weighted by Gasteiger charge is -2.39. The van der Waals surface area contributed by atoms with E-state index in [1.165, 1.54) is 25.9 Å². The van der Waals surface area contributed by atoms with Gasteiger partial charge in [0.05, 0.1) is 29.7 Å². The monoisotopic (exact) mass is 394 g/mol. The first-order chi connectivity index (χ1) is 14.2. The number of carbonyl (C=O) groups is 1. The number of amides is 1. The smallest absolute Gasteiger partial charge is 0.257 e. The average molecular weight is 395 g/mol. The maximum Gasteiger partial charge on any atom is 0.257 e. The molecule has 154 valence electrons. The predicted octanol–water partition coefficient (Wildman–Crippen LogP) is 2.98. The molecule has 0 bridgehead atoms. The summed E-state index contributed by atoms with van der Waals surface area (Å²) in [6.07, 6.45) is 9.34. The van der Waals surface area contributed by atoms with Crippen molar-refractivity contribution in [3.8, 4) is 5.69 Å². The van der Waals surface area contributed by atoms with Crippen LogP contribution in [0, 0.1) is 5.92 Å². The van der Waals surface area contributed by atoms with E-state index in [0.717, 1.165) is 44.6 Å². The van der Waals surface area contributed by atoms with Crippen molar-refractivity contribution in [1.82, 2.24) is 19.6 Å². The zero-order chi connectivity index (χ0) is 19.7. The molecule has 3 aliphatic heterocycles. The van der Waals surface area contributed by atoms with Crippen LogP contribution in [0.4, 0.5) is 0 Å². The molecule has 2 unspecified atom stereocenters. The van der Waals surface area contributed by atoms with Gasteiger partial charge in [0.1, 0.15) is 0 Å². The number of likely N-dealkylation sites (tertiary alicyclic amines) is 2. The summed E-state index contributed by atoms with van der Waals surface area (Å²) in [7, 11) is 0. The normalized spacial score (nSPS) is 27.7. The summed E-state index contributed by atoms with van der Waals surface area (Å²) in [6.45, 7) is 5.97. The van der Waals surface area contributed by atoms with Crippen molar-refractivity contribution < 1.29 is 9.53 Å². The Morgan fingerprint density at radius 1 is 1.14 bits per heavy atom. The number of nitrogens with zero attached hydrogens (tertiary/aromatic N) is 4. The van der Waals surface area contributed by atoms with Crippen LogP contribution in [0.25, 0.3) is 5.69 Å². The van der Waals surface area contributed by atoms with Gasteiger partial charge in [-0.2, -0.15) is 5.10 Å². The van der Waals surface area contributed by atoms with Crippen LogP contribution in [0.3, 0.4) is 0 Å². The maximum absolute atomic E-state index is 13.2. The minimum absolute atomic E-state index is 0.0675. The van der Waals surface area contributed by atoms with Gasteiger partial charge in [0, 0.05) is 25.8 Å². The number of aromatic nitrogens is 2. The molecular weight excluding hydrogens is 364 g/mol. The Morgan fingerprint density at radius 3 is 2.79 bits per heavy atom. The molecule has 5 rings (SSSR count). The summed E-state index contributed by atoms with van der Waals surface area (Å²) in [5, 5.41) is 4.39. The molecule has 3 aliphatic rings. The number of hydrogen-bond donors (Lipinski definition) is 0. The maximum atomic E-state index is 13.2. The fourth-order valence-electron chi connectivity index (χ4n) is 5.28. The van der Waals surface area contributed by atoms with Gasteiger partial charge in [0.25, 0.3) is 5.91 Å². The largest absolute Gasteiger partial charge is 0.373 e. The van der Waals surface area contributed by atoms with E-state index in [1.807, 2.05) is 41.4 Å². The molecular formula is C23H30N4O2. The Kier molecular flexibility index (Phi) is 5.14. The molecule has 0 N–H and O–H groups in total. The summed E-state index contributed by atoms with van der Waals surface area (Å²) >= 11 is 0. The van der Waals surface area contributed by atoms with E-state index in [2.05, 4.69) is 10.00 Å². The van der Waals surface area contributed by atoms with Crippen LogP contribution in [0.2, 0.25) is 0 Å². The Balaban J connectivity index is 1.24. The second-order valence-corrected chi connectivity index (χ2v) is 8.91. The lowest BCUT2D eigenvalue weighted by molar-refractivity contribution is -0.0450. The van der Waals surface area contributed by atoms with E-state index in [1.54, 1.807) is 10.9 Å². The molecule has 1 aromatic carbocycles. The fraction of sp³-hybridized carbons (Fsp3) is 0.565. The minimum Gasteiger partial charge on any atom is -0.373 e. The van der Waals surface area contributed by atoms with Crippen LogP contribution in [0.5, 0.6) is 0 Å². The Hall–Kier alpha value is -2.18. The van der Waals surface area contributed by atoms with Gasteiger partial charge in [-0.3, -0.25) is 4.79 Å². The van der Waals surface area contributed by atoms with Gasteiger partial charge < -0.3 is 14.5 Å². The van der Waals surface area contributed by atoms with Gasteiger partial charge in [-0.05, 0) is 63.2 Å². The van der Waals surface area contributed by atoms with E-state index in [9.17, 15) is 4.79 Å². The second kappa shape index (κ2) is 7.92. The van der Waals surface area contributed by atoms with Crippen molar-refractivity contribution in [2.45, 2.75) is 37.7 Å². The predicted molar refractivity (Wildman–Crippen MR) is 111 cm³/mol. The molecule has 1 amide bonds. The van der Waals surface area contributed by atoms with Crippen LogP contribution in [-0.2, 0) is 4.74 Å². The molecule has 29 heavy (non-hydrogen) atoms. The van der Waals surface area contributed by atoms with Crippen LogP contribution in [-0.4, -0.2) is 70.4 Å². The van der Waals surface area contributed by atoms with Crippen molar-refractivity contribution in [2.75, 3.05) is 39.3 Å². The van der Waals surface area contributed by atoms with Crippen molar-refractivity contribution in [3.63, 3.8) is 0 Å². The minimum atomic E-state index is -0.145. The first kappa shape index (κ1) is 18.8. The highest BCUT2D eigenvalue weighted by atomic mass is 16.5. The summed E-state index contributed by atoms with van der Waals surface area (Å²) in [6, 6.07) is 9.91. The molecule has 3 fully saturated rings. The standard InChI is InChI=1S/C23H30N4O2/c28-22(20-14-24-27(16-20)21-7-2-1-3-8-21)26-12-6-9-23(18-26)13-19(17-29-23)15-25-10-4-5-11-25/h1-3,7-8,14,16,19H,4-6,9-13,15,17-18H2. The van der Waals surface area contributed by atoms with E-state index < -0.39 is 0 Å². The van der Waals surface area contributed by atoms with Crippen molar-refractivity contribution in [1.29, 1.82) is 0 Å². The van der Waals surface area contributed by atoms with E-state index >= 15 is 0 Å². The number of piperidine rings is 1. The zero-order valence-corrected chi connectivity index (χ0v) is 17.0. The van der Waals surface area contributed by atoms with E-state index in [0.29, 0.717) is 18.0 Å². The lowest BCUT2D eigenvalue weighted by Crippen LogP contribution is -2.50. The Bertz CT molecular complexity index is 846. The lowest BCUT2D eigenvalue weighted by atomic mass is 9.86. The number of para-hydroxylation sites is 1. The van der Waals surface area contributed by atoms with Crippen molar-refractivity contribution >= 4 is 5.91 Å². The topological polar surface area (TPSA) is 50.6 Å². The van der Waals surface area contributed by atoms with Gasteiger partial charge in [-0.1, -0.05) is 18.2 Å². The highest BCUT2D eigenvalue weighted by Crippen LogP contribution is 2.38. The highest BCUT2D eigenvalue weighted by molar-refractivity contribution is 5.94. The molecule has 0 aliphatic carbocycles. The quantitative estimate of drug-likeness (QED) is 0.800. The summed E-state index contributed by atoms with van der Waals surface area (Å²) in [4.78, 5) is 17.7. The molecule has 2 aromatic rings. The van der Waals surface area contributed by atoms with E-state index in [-0.39, 0.29) is 11.5 Å². The van der Waals surface area contributed by atoms with Crippen molar-refractivity contribution in [2.24, 2.45) is 5.92 Å². The molecule has 0 saturated carbocycles. The van der Waals surface area contributed by atoms with Crippen LogP contribution < -0.4 is 0 Å². The third kappa shape index (κ3) is 3.96. The third-order valence-corrected chi connectivity index (χ3v) is 6.68. The summed E-state index contributed by atoms with van der Waals surface area (Å²) < 4.78 is 8.12. The molecule has 6 heteroatoms. The number of ether oxygens (including phenoxy) is 1. The van der Waals surface area contributed by atoms with Crippen molar-refractivity contribution in [3.05, 3.63) is 48.3 Å². The Morgan fingerprint density at radius 2 is 1.97 bits per heavy atom. The van der Waals surface area contributed by atoms with Crippen LogP contribution in [0.1, 0.15) is 42.5 Å². The molecule has 0 radical (unpaired) electrons. The number of hydrogen-bond acceptors (Lipinski definition) is 4. The molecule has 6 nitrogen and oxygen atoms in total. The molecule has 4 heterocycles. The first-order valence-corrected chi connectivity index (χ1v) is 11.0. The summed E-state index contributed by atoms with van der Waals surface area (Å²) in [5.74, 6) is 0.668. The molecule has 2 atom stereocenters. The highest BCUT2D eigenvalue weighted by Gasteiger charge is 2.45. The fourth-order valence-corrected chi connectivity index (χ4v) is 5.28. The average Bonchev–Trinajstić information content (AvgIpc) is 3.51. The van der Waals surface area contributed by atoms with Gasteiger partial charge in [0.15, 0.2) is 0 Å². The van der Waals surface area contributed by atoms with Gasteiger partial charge in [0.2, 0.25) is 0 Å². The van der Waals surface area contributed by atoms with Crippen LogP contribution >= 0.6 is 0 Å². The first-order valence-electron chi connectivity index (χ1n) is 11.0. The SMILES string of the molecule is O=C(c1cnn(-c2ccccc2)c1)N1CCCC2(CC(CN3CCCC3)CO2)C1. The number of benzene rings is 1. The van der Waals surface area contributed by atoms with Gasteiger partial charge >= 0.3 is 0 Å². The second-order valence-electron chi connectivity index (χ2n) is 8.91. The zero-order valence-electron chi connectivity index (χ0n) is 17.0. The summed E-state index contributed by atoms with van der Waals surface area (Å²) in [5.41, 5.74) is 1.47. The molecule has 1 spiro atoms. The van der Waals surface area contributed by atoms with Gasteiger partial charge in [-0.15, -0.1) is 0 Å². The molecule has 3 saturated heterocycles. The number of rotatable bonds is 4. The van der Waals surface area contributed by atoms with Crippen LogP contribution in [0.15, 0.2) is 42.7 Å². The van der Waals surface area contributed by atoms with E-state index in [4.69, 9.17) is 4.74 Å². The van der Waals surface area contributed by atoms with Gasteiger partial charge in [-0.25, -0.2) is 4.68 Å². The Labute approximate surface area is 172 Å². The molecule has 1 aromatic heterocycles. The number of carbonyl (C=O) groups excluding carboxylic acids is 1.